The van der Waals surface area contributed by atoms with Crippen LogP contribution in [0, 0.1) is 11.8 Å². The number of hydrogen-bond donors (Lipinski definition) is 1. The largest absolute Gasteiger partial charge is 0.319 e. The lowest BCUT2D eigenvalue weighted by Gasteiger charge is -2.20. The summed E-state index contributed by atoms with van der Waals surface area (Å²) in [5.41, 5.74) is 0. The van der Waals surface area contributed by atoms with Crippen molar-refractivity contribution in [2.24, 2.45) is 11.8 Å². The van der Waals surface area contributed by atoms with Crippen LogP contribution in [0.3, 0.4) is 0 Å². The minimum atomic E-state index is 0.918. The Morgan fingerprint density at radius 3 is 2.64 bits per heavy atom. The minimum absolute atomic E-state index is 0.918. The molecule has 1 N–H and O–H groups in total. The maximum absolute atomic E-state index is 3.30. The van der Waals surface area contributed by atoms with Crippen molar-refractivity contribution in [3.05, 3.63) is 0 Å². The molecule has 2 rings (SSSR count). The van der Waals surface area contributed by atoms with Gasteiger partial charge in [-0.1, -0.05) is 12.8 Å². The normalized spacial score (nSPS) is 30.2. The van der Waals surface area contributed by atoms with Crippen LogP contribution in [-0.4, -0.2) is 38.1 Å². The average Bonchev–Trinajstić information content (AvgIpc) is 2.79. The molecule has 1 atom stereocenters. The lowest BCUT2D eigenvalue weighted by Crippen LogP contribution is -2.28. The molecule has 0 radical (unpaired) electrons. The van der Waals surface area contributed by atoms with Gasteiger partial charge in [-0.25, -0.2) is 0 Å². The topological polar surface area (TPSA) is 15.3 Å². The van der Waals surface area contributed by atoms with Gasteiger partial charge in [-0.3, -0.25) is 0 Å². The van der Waals surface area contributed by atoms with E-state index < -0.39 is 0 Å². The Morgan fingerprint density at radius 2 is 1.93 bits per heavy atom. The summed E-state index contributed by atoms with van der Waals surface area (Å²) in [7, 11) is 2.07. The molecule has 1 saturated heterocycles. The molecule has 0 aromatic carbocycles. The molecular formula is C12H24N2. The molecule has 2 nitrogen and oxygen atoms in total. The van der Waals surface area contributed by atoms with Crippen molar-refractivity contribution < 1.29 is 0 Å². The number of nitrogens with zero attached hydrogens (tertiary/aromatic N) is 1. The maximum Gasteiger partial charge on any atom is 0.00224 e. The highest BCUT2D eigenvalue weighted by molar-refractivity contribution is 4.80. The monoisotopic (exact) mass is 196 g/mol. The predicted octanol–water partition coefficient (Wildman–Crippen LogP) is 1.72. The smallest absolute Gasteiger partial charge is 0.00224 e. The van der Waals surface area contributed by atoms with Crippen molar-refractivity contribution in [3.63, 3.8) is 0 Å². The third kappa shape index (κ3) is 2.71. The Morgan fingerprint density at radius 1 is 1.14 bits per heavy atom. The van der Waals surface area contributed by atoms with Gasteiger partial charge in [-0.05, 0) is 51.2 Å². The van der Waals surface area contributed by atoms with Gasteiger partial charge in [0.25, 0.3) is 0 Å². The van der Waals surface area contributed by atoms with Crippen molar-refractivity contribution in [3.8, 4) is 0 Å². The van der Waals surface area contributed by atoms with Crippen LogP contribution in [0.4, 0.5) is 0 Å². The average molecular weight is 196 g/mol. The van der Waals surface area contributed by atoms with Crippen LogP contribution in [0.15, 0.2) is 0 Å². The fraction of sp³-hybridized carbons (Fsp3) is 1.00. The minimum Gasteiger partial charge on any atom is -0.319 e. The SMILES string of the molecule is CNC[C@H]1CCN(CC2CCCC2)C1. The second-order valence-electron chi connectivity index (χ2n) is 5.12. The molecule has 0 aromatic rings. The number of likely N-dealkylation sites (tertiary alicyclic amines) is 1. The van der Waals surface area contributed by atoms with Crippen molar-refractivity contribution in [2.45, 2.75) is 32.1 Å². The van der Waals surface area contributed by atoms with Crippen LogP contribution in [0.2, 0.25) is 0 Å². The Labute approximate surface area is 88.1 Å². The van der Waals surface area contributed by atoms with Gasteiger partial charge in [0, 0.05) is 13.1 Å². The van der Waals surface area contributed by atoms with Crippen LogP contribution < -0.4 is 5.32 Å². The predicted molar refractivity (Wildman–Crippen MR) is 60.4 cm³/mol. The van der Waals surface area contributed by atoms with E-state index in [4.69, 9.17) is 0 Å². The summed E-state index contributed by atoms with van der Waals surface area (Å²) in [6.07, 6.45) is 7.37. The molecule has 1 aliphatic heterocycles. The highest BCUT2D eigenvalue weighted by atomic mass is 15.1. The zero-order valence-corrected chi connectivity index (χ0v) is 9.47. The zero-order valence-electron chi connectivity index (χ0n) is 9.47. The summed E-state index contributed by atoms with van der Waals surface area (Å²) < 4.78 is 0. The van der Waals surface area contributed by atoms with E-state index in [0.29, 0.717) is 0 Å². The van der Waals surface area contributed by atoms with E-state index in [1.165, 1.54) is 58.3 Å². The number of rotatable bonds is 4. The molecule has 0 unspecified atom stereocenters. The quantitative estimate of drug-likeness (QED) is 0.736. The van der Waals surface area contributed by atoms with Crippen LogP contribution in [0.1, 0.15) is 32.1 Å². The Kier molecular flexibility index (Phi) is 3.82. The standard InChI is InChI=1S/C12H24N2/c1-13-8-12-6-7-14(10-12)9-11-4-2-3-5-11/h11-13H,2-10H2,1H3/t12-/m1/s1. The lowest BCUT2D eigenvalue weighted by molar-refractivity contribution is 0.270. The fourth-order valence-electron chi connectivity index (χ4n) is 3.09. The van der Waals surface area contributed by atoms with Crippen LogP contribution in [-0.2, 0) is 0 Å². The Balaban J connectivity index is 1.67. The highest BCUT2D eigenvalue weighted by Gasteiger charge is 2.25. The lowest BCUT2D eigenvalue weighted by atomic mass is 10.1. The molecule has 0 bridgehead atoms. The van der Waals surface area contributed by atoms with Gasteiger partial charge in [0.1, 0.15) is 0 Å². The molecule has 0 aromatic heterocycles. The van der Waals surface area contributed by atoms with Crippen molar-refractivity contribution >= 4 is 0 Å². The maximum atomic E-state index is 3.30. The van der Waals surface area contributed by atoms with Gasteiger partial charge in [-0.15, -0.1) is 0 Å². The summed E-state index contributed by atoms with van der Waals surface area (Å²) in [6, 6.07) is 0. The molecule has 1 saturated carbocycles. The molecule has 0 amide bonds. The highest BCUT2D eigenvalue weighted by Crippen LogP contribution is 2.27. The van der Waals surface area contributed by atoms with E-state index in [9.17, 15) is 0 Å². The van der Waals surface area contributed by atoms with Gasteiger partial charge >= 0.3 is 0 Å². The third-order valence-corrected chi connectivity index (χ3v) is 3.85. The first kappa shape index (κ1) is 10.4. The first-order valence-corrected chi connectivity index (χ1v) is 6.25. The first-order valence-electron chi connectivity index (χ1n) is 6.25. The Bertz CT molecular complexity index is 164. The summed E-state index contributed by atoms with van der Waals surface area (Å²) in [5, 5.41) is 3.30. The molecule has 1 aliphatic carbocycles. The summed E-state index contributed by atoms with van der Waals surface area (Å²) >= 11 is 0. The molecule has 2 heteroatoms. The molecule has 2 fully saturated rings. The van der Waals surface area contributed by atoms with Crippen LogP contribution >= 0.6 is 0 Å². The first-order chi connectivity index (χ1) is 6.88. The summed E-state index contributed by atoms with van der Waals surface area (Å²) in [4.78, 5) is 2.69. The van der Waals surface area contributed by atoms with E-state index in [1.54, 1.807) is 0 Å². The molecular weight excluding hydrogens is 172 g/mol. The molecule has 82 valence electrons. The van der Waals surface area contributed by atoms with E-state index >= 15 is 0 Å². The van der Waals surface area contributed by atoms with Crippen molar-refractivity contribution in [1.29, 1.82) is 0 Å². The molecule has 2 aliphatic rings. The number of hydrogen-bond acceptors (Lipinski definition) is 2. The van der Waals surface area contributed by atoms with E-state index in [1.807, 2.05) is 0 Å². The summed E-state index contributed by atoms with van der Waals surface area (Å²) in [5.74, 6) is 1.95. The number of nitrogens with one attached hydrogen (secondary N) is 1. The van der Waals surface area contributed by atoms with Gasteiger partial charge in [0.15, 0.2) is 0 Å². The van der Waals surface area contributed by atoms with Crippen molar-refractivity contribution in [1.82, 2.24) is 10.2 Å². The van der Waals surface area contributed by atoms with E-state index in [-0.39, 0.29) is 0 Å². The third-order valence-electron chi connectivity index (χ3n) is 3.85. The van der Waals surface area contributed by atoms with Gasteiger partial charge in [0.05, 0.1) is 0 Å². The van der Waals surface area contributed by atoms with E-state index in [0.717, 1.165) is 11.8 Å². The Hall–Kier alpha value is -0.0800. The summed E-state index contributed by atoms with van der Waals surface area (Å²) in [6.45, 7) is 5.29. The van der Waals surface area contributed by atoms with Crippen molar-refractivity contribution in [2.75, 3.05) is 33.2 Å². The van der Waals surface area contributed by atoms with Gasteiger partial charge < -0.3 is 10.2 Å². The van der Waals surface area contributed by atoms with Crippen LogP contribution in [0.5, 0.6) is 0 Å². The zero-order chi connectivity index (χ0) is 9.80. The fourth-order valence-corrected chi connectivity index (χ4v) is 3.09. The van der Waals surface area contributed by atoms with E-state index in [2.05, 4.69) is 17.3 Å². The molecule has 1 heterocycles. The van der Waals surface area contributed by atoms with Gasteiger partial charge in [0.2, 0.25) is 0 Å². The van der Waals surface area contributed by atoms with Crippen LogP contribution in [0.25, 0.3) is 0 Å². The second-order valence-corrected chi connectivity index (χ2v) is 5.12. The van der Waals surface area contributed by atoms with Gasteiger partial charge in [-0.2, -0.15) is 0 Å². The molecule has 0 spiro atoms. The molecule has 14 heavy (non-hydrogen) atoms. The second kappa shape index (κ2) is 5.13.